The molecule has 13 heavy (non-hydrogen) atoms. The highest BCUT2D eigenvalue weighted by Crippen LogP contribution is 2.12. The van der Waals surface area contributed by atoms with Gasteiger partial charge in [0, 0.05) is 26.2 Å². The maximum Gasteiger partial charge on any atom is 0.0146 e. The topological polar surface area (TPSA) is 6.48 Å². The van der Waals surface area contributed by atoms with E-state index >= 15 is 0 Å². The summed E-state index contributed by atoms with van der Waals surface area (Å²) in [6.07, 6.45) is 6.72. The Morgan fingerprint density at radius 1 is 1.00 bits per heavy atom. The molecule has 0 unspecified atom stereocenters. The van der Waals surface area contributed by atoms with Gasteiger partial charge >= 0.3 is 0 Å². The summed E-state index contributed by atoms with van der Waals surface area (Å²) < 4.78 is 0. The van der Waals surface area contributed by atoms with Gasteiger partial charge in [-0.05, 0) is 19.3 Å². The quantitative estimate of drug-likeness (QED) is 0.600. The molecule has 0 N–H and O–H groups in total. The minimum atomic E-state index is 1.27. The maximum atomic E-state index is 2.57. The smallest absolute Gasteiger partial charge is 0.0146 e. The molecule has 1 aliphatic rings. The molecule has 0 amide bonds. The molecule has 78 valence electrons. The van der Waals surface area contributed by atoms with Crippen molar-refractivity contribution in [3.05, 3.63) is 0 Å². The van der Waals surface area contributed by atoms with Crippen LogP contribution in [-0.2, 0) is 0 Å². The van der Waals surface area contributed by atoms with E-state index in [-0.39, 0.29) is 0 Å². The lowest BCUT2D eigenvalue weighted by Crippen LogP contribution is -2.51. The second-order valence-corrected chi connectivity index (χ2v) is 3.97. The highest BCUT2D eigenvalue weighted by molar-refractivity contribution is 4.67. The van der Waals surface area contributed by atoms with Crippen LogP contribution < -0.4 is 0 Å². The zero-order chi connectivity index (χ0) is 9.52. The van der Waals surface area contributed by atoms with Crippen LogP contribution in [0.3, 0.4) is 0 Å². The minimum absolute atomic E-state index is 1.27. The Balaban J connectivity index is 2.16. The molecular weight excluding hydrogens is 160 g/mol. The van der Waals surface area contributed by atoms with Crippen molar-refractivity contribution >= 4 is 0 Å². The molecule has 2 heteroatoms. The highest BCUT2D eigenvalue weighted by atomic mass is 15.6. The lowest BCUT2D eigenvalue weighted by molar-refractivity contribution is -0.0735. The fourth-order valence-electron chi connectivity index (χ4n) is 1.66. The van der Waals surface area contributed by atoms with E-state index in [1.165, 1.54) is 58.3 Å². The van der Waals surface area contributed by atoms with Crippen molar-refractivity contribution < 1.29 is 0 Å². The monoisotopic (exact) mass is 184 g/mol. The van der Waals surface area contributed by atoms with Gasteiger partial charge in [-0.3, -0.25) is 0 Å². The third kappa shape index (κ3) is 3.65. The van der Waals surface area contributed by atoms with E-state index in [1.807, 2.05) is 0 Å². The summed E-state index contributed by atoms with van der Waals surface area (Å²) in [5.41, 5.74) is 0. The van der Waals surface area contributed by atoms with Crippen LogP contribution in [0, 0.1) is 0 Å². The van der Waals surface area contributed by atoms with Crippen molar-refractivity contribution in [2.24, 2.45) is 0 Å². The van der Waals surface area contributed by atoms with Gasteiger partial charge in [-0.25, -0.2) is 10.0 Å². The zero-order valence-corrected chi connectivity index (χ0v) is 9.26. The van der Waals surface area contributed by atoms with E-state index < -0.39 is 0 Å². The summed E-state index contributed by atoms with van der Waals surface area (Å²) in [7, 11) is 0. The number of hydrogen-bond donors (Lipinski definition) is 0. The molecule has 1 aliphatic heterocycles. The van der Waals surface area contributed by atoms with Gasteiger partial charge < -0.3 is 0 Å². The molecule has 0 aromatic carbocycles. The second kappa shape index (κ2) is 6.39. The van der Waals surface area contributed by atoms with Crippen molar-refractivity contribution in [1.82, 2.24) is 10.0 Å². The molecule has 1 rings (SSSR count). The molecule has 0 radical (unpaired) electrons. The Kier molecular flexibility index (Phi) is 5.40. The molecule has 2 nitrogen and oxygen atoms in total. The average molecular weight is 184 g/mol. The predicted octanol–water partition coefficient (Wildman–Crippen LogP) is 2.51. The fraction of sp³-hybridized carbons (Fsp3) is 1.00. The molecule has 0 aromatic rings. The van der Waals surface area contributed by atoms with Crippen LogP contribution in [0.5, 0.6) is 0 Å². The van der Waals surface area contributed by atoms with E-state index in [2.05, 4.69) is 23.9 Å². The van der Waals surface area contributed by atoms with E-state index in [0.29, 0.717) is 0 Å². The predicted molar refractivity (Wildman–Crippen MR) is 57.6 cm³/mol. The van der Waals surface area contributed by atoms with Crippen LogP contribution in [-0.4, -0.2) is 36.2 Å². The molecule has 0 bridgehead atoms. The summed E-state index contributed by atoms with van der Waals surface area (Å²) in [6, 6.07) is 0. The lowest BCUT2D eigenvalue weighted by Gasteiger charge is -2.41. The Morgan fingerprint density at radius 3 is 1.85 bits per heavy atom. The Morgan fingerprint density at radius 2 is 1.54 bits per heavy atom. The van der Waals surface area contributed by atoms with Crippen molar-refractivity contribution in [3.8, 4) is 0 Å². The summed E-state index contributed by atoms with van der Waals surface area (Å²) in [4.78, 5) is 0. The fourth-order valence-corrected chi connectivity index (χ4v) is 1.66. The summed E-state index contributed by atoms with van der Waals surface area (Å²) in [5, 5.41) is 5.09. The van der Waals surface area contributed by atoms with Crippen LogP contribution in [0.15, 0.2) is 0 Å². The van der Waals surface area contributed by atoms with Crippen LogP contribution >= 0.6 is 0 Å². The van der Waals surface area contributed by atoms with Gasteiger partial charge in [0.1, 0.15) is 0 Å². The first-order valence-electron chi connectivity index (χ1n) is 5.88. The average Bonchev–Trinajstić information content (AvgIpc) is 2.06. The summed E-state index contributed by atoms with van der Waals surface area (Å²) in [6.45, 7) is 9.69. The summed E-state index contributed by atoms with van der Waals surface area (Å²) in [5.74, 6) is 0. The van der Waals surface area contributed by atoms with Crippen LogP contribution in [0.4, 0.5) is 0 Å². The van der Waals surface area contributed by atoms with Crippen molar-refractivity contribution in [2.45, 2.75) is 46.0 Å². The minimum Gasteiger partial charge on any atom is -0.242 e. The number of hydrazine groups is 1. The Labute approximate surface area is 82.9 Å². The molecule has 0 spiro atoms. The van der Waals surface area contributed by atoms with E-state index in [4.69, 9.17) is 0 Å². The number of nitrogens with zero attached hydrogens (tertiary/aromatic N) is 2. The second-order valence-electron chi connectivity index (χ2n) is 3.97. The van der Waals surface area contributed by atoms with E-state index in [0.717, 1.165) is 0 Å². The largest absolute Gasteiger partial charge is 0.242 e. The molecular formula is C11H24N2. The van der Waals surface area contributed by atoms with Gasteiger partial charge in [0.25, 0.3) is 0 Å². The molecule has 1 fully saturated rings. The third-order valence-electron chi connectivity index (χ3n) is 2.77. The van der Waals surface area contributed by atoms with Crippen LogP contribution in [0.2, 0.25) is 0 Å². The van der Waals surface area contributed by atoms with Gasteiger partial charge in [0.2, 0.25) is 0 Å². The van der Waals surface area contributed by atoms with E-state index in [9.17, 15) is 0 Å². The molecule has 0 atom stereocenters. The standard InChI is InChI=1S/C11H24N2/c1-3-5-8-12(9-6-4-2)13-10-7-11-13/h3-11H2,1-2H3. The van der Waals surface area contributed by atoms with Gasteiger partial charge in [0.05, 0.1) is 0 Å². The highest BCUT2D eigenvalue weighted by Gasteiger charge is 2.20. The Bertz CT molecular complexity index is 113. The van der Waals surface area contributed by atoms with Gasteiger partial charge in [-0.2, -0.15) is 0 Å². The SMILES string of the molecule is CCCCN(CCCC)N1CCC1. The van der Waals surface area contributed by atoms with Crippen LogP contribution in [0.1, 0.15) is 46.0 Å². The first-order valence-corrected chi connectivity index (χ1v) is 5.88. The first-order chi connectivity index (χ1) is 6.38. The van der Waals surface area contributed by atoms with Crippen molar-refractivity contribution in [1.29, 1.82) is 0 Å². The summed E-state index contributed by atoms with van der Waals surface area (Å²) >= 11 is 0. The van der Waals surface area contributed by atoms with Crippen molar-refractivity contribution in [3.63, 3.8) is 0 Å². The number of rotatable bonds is 7. The maximum absolute atomic E-state index is 2.57. The molecule has 1 heterocycles. The third-order valence-corrected chi connectivity index (χ3v) is 2.77. The molecule has 0 saturated carbocycles. The molecule has 1 saturated heterocycles. The molecule has 0 aliphatic carbocycles. The van der Waals surface area contributed by atoms with Gasteiger partial charge in [-0.15, -0.1) is 0 Å². The lowest BCUT2D eigenvalue weighted by atomic mass is 10.2. The number of hydrogen-bond acceptors (Lipinski definition) is 2. The molecule has 0 aromatic heterocycles. The number of unbranched alkanes of at least 4 members (excludes halogenated alkanes) is 2. The zero-order valence-electron chi connectivity index (χ0n) is 9.26. The normalized spacial score (nSPS) is 17.8. The van der Waals surface area contributed by atoms with Crippen LogP contribution in [0.25, 0.3) is 0 Å². The van der Waals surface area contributed by atoms with E-state index in [1.54, 1.807) is 0 Å². The Hall–Kier alpha value is -0.0800. The van der Waals surface area contributed by atoms with Gasteiger partial charge in [-0.1, -0.05) is 26.7 Å². The van der Waals surface area contributed by atoms with Gasteiger partial charge in [0.15, 0.2) is 0 Å². The van der Waals surface area contributed by atoms with Crippen molar-refractivity contribution in [2.75, 3.05) is 26.2 Å². The first kappa shape index (κ1) is 11.0.